The van der Waals surface area contributed by atoms with Gasteiger partial charge in [0.2, 0.25) is 5.91 Å². The van der Waals surface area contributed by atoms with E-state index in [1.165, 1.54) is 18.5 Å². The molecule has 1 aliphatic rings. The topological polar surface area (TPSA) is 117 Å². The number of anilines is 2. The van der Waals surface area contributed by atoms with Gasteiger partial charge in [0, 0.05) is 23.7 Å². The normalized spacial score (nSPS) is 15.5. The number of nitrogens with zero attached hydrogens (tertiary/aromatic N) is 3. The minimum atomic E-state index is -0.523. The van der Waals surface area contributed by atoms with Crippen molar-refractivity contribution in [1.82, 2.24) is 14.9 Å². The molecule has 2 aromatic carbocycles. The predicted molar refractivity (Wildman–Crippen MR) is 128 cm³/mol. The van der Waals surface area contributed by atoms with E-state index in [2.05, 4.69) is 15.3 Å². The molecule has 9 nitrogen and oxygen atoms in total. The summed E-state index contributed by atoms with van der Waals surface area (Å²) >= 11 is 5.93. The molecule has 1 aliphatic heterocycles. The Kier molecular flexibility index (Phi) is 8.29. The second-order valence-corrected chi connectivity index (χ2v) is 8.49. The molecule has 0 spiro atoms. The molecule has 0 radical (unpaired) electrons. The number of nitrogens with one attached hydrogen (secondary N) is 1. The Morgan fingerprint density at radius 2 is 2.11 bits per heavy atom. The third kappa shape index (κ3) is 5.96. The zero-order chi connectivity index (χ0) is 24.8. The van der Waals surface area contributed by atoms with Crippen LogP contribution in [0.4, 0.5) is 15.9 Å². The molecule has 186 valence electrons. The van der Waals surface area contributed by atoms with Gasteiger partial charge in [0.1, 0.15) is 36.9 Å². The second kappa shape index (κ2) is 11.6. The molecule has 1 aromatic heterocycles. The van der Waals surface area contributed by atoms with Crippen molar-refractivity contribution in [2.24, 2.45) is 0 Å². The lowest BCUT2D eigenvalue weighted by Crippen LogP contribution is -2.39. The van der Waals surface area contributed by atoms with Crippen LogP contribution in [0.25, 0.3) is 10.9 Å². The Hall–Kier alpha value is -3.05. The first-order valence-electron chi connectivity index (χ1n) is 11.2. The van der Waals surface area contributed by atoms with Crippen LogP contribution in [0.15, 0.2) is 36.7 Å². The molecule has 4 rings (SSSR count). The number of aliphatic hydroxyl groups excluding tert-OH is 2. The fourth-order valence-electron chi connectivity index (χ4n) is 4.14. The molecular weight excluding hydrogens is 479 g/mol. The summed E-state index contributed by atoms with van der Waals surface area (Å²) in [4.78, 5) is 22.3. The monoisotopic (exact) mass is 504 g/mol. The molecule has 0 bridgehead atoms. The first kappa shape index (κ1) is 25.1. The highest BCUT2D eigenvalue weighted by atomic mass is 35.5. The van der Waals surface area contributed by atoms with Crippen molar-refractivity contribution >= 4 is 39.9 Å². The van der Waals surface area contributed by atoms with E-state index in [0.29, 0.717) is 41.3 Å². The van der Waals surface area contributed by atoms with E-state index in [-0.39, 0.29) is 36.8 Å². The number of carbonyl (C=O) groups is 1. The number of fused-ring (bicyclic) bond motifs is 1. The van der Waals surface area contributed by atoms with E-state index in [0.717, 1.165) is 18.4 Å². The highest BCUT2D eigenvalue weighted by Gasteiger charge is 2.28. The number of likely N-dealkylation sites (tertiary alicyclic amines) is 1. The van der Waals surface area contributed by atoms with Gasteiger partial charge in [-0.25, -0.2) is 14.4 Å². The number of hydrogen-bond acceptors (Lipinski definition) is 8. The van der Waals surface area contributed by atoms with E-state index in [1.54, 1.807) is 23.1 Å². The lowest BCUT2D eigenvalue weighted by atomic mass is 10.1. The number of rotatable bonds is 10. The SMILES string of the molecule is O=C(CO)N1CCC[C@@H]1COCc1cc(OCCO)cc2ncnc(Nc3ccc(F)c(Cl)c3)c12. The van der Waals surface area contributed by atoms with Crippen LogP contribution in [-0.2, 0) is 16.1 Å². The van der Waals surface area contributed by atoms with Crippen molar-refractivity contribution in [3.8, 4) is 5.75 Å². The van der Waals surface area contributed by atoms with Gasteiger partial charge in [0.15, 0.2) is 0 Å². The Balaban J connectivity index is 1.61. The molecule has 2 heterocycles. The van der Waals surface area contributed by atoms with Crippen LogP contribution < -0.4 is 10.1 Å². The number of hydrogen-bond donors (Lipinski definition) is 3. The van der Waals surface area contributed by atoms with E-state index in [1.807, 2.05) is 0 Å². The quantitative estimate of drug-likeness (QED) is 0.386. The molecule has 1 saturated heterocycles. The fraction of sp³-hybridized carbons (Fsp3) is 0.375. The standard InChI is InChI=1S/C24H26ClFN4O5/c25-19-9-16(3-4-20(19)26)29-24-23-15(8-18(35-7-6-31)10-21(23)27-14-28-24)12-34-13-17-2-1-5-30(17)22(33)11-32/h3-4,8-10,14,17,31-32H,1-2,5-7,11-13H2,(H,27,28,29)/t17-/m1/s1. The molecule has 0 aliphatic carbocycles. The summed E-state index contributed by atoms with van der Waals surface area (Å²) in [7, 11) is 0. The Morgan fingerprint density at radius 3 is 2.89 bits per heavy atom. The number of amides is 1. The summed E-state index contributed by atoms with van der Waals surface area (Å²) < 4.78 is 25.2. The highest BCUT2D eigenvalue weighted by molar-refractivity contribution is 6.31. The van der Waals surface area contributed by atoms with Crippen molar-refractivity contribution < 1.29 is 28.9 Å². The van der Waals surface area contributed by atoms with Crippen molar-refractivity contribution in [2.45, 2.75) is 25.5 Å². The van der Waals surface area contributed by atoms with Crippen LogP contribution in [0.3, 0.4) is 0 Å². The Bertz CT molecular complexity index is 1200. The summed E-state index contributed by atoms with van der Waals surface area (Å²) in [5.74, 6) is 0.157. The van der Waals surface area contributed by atoms with Crippen molar-refractivity contribution in [3.05, 3.63) is 53.1 Å². The predicted octanol–water partition coefficient (Wildman–Crippen LogP) is 3.04. The second-order valence-electron chi connectivity index (χ2n) is 8.08. The first-order chi connectivity index (χ1) is 17.0. The van der Waals surface area contributed by atoms with E-state index in [9.17, 15) is 14.3 Å². The molecule has 1 atom stereocenters. The smallest absolute Gasteiger partial charge is 0.248 e. The molecule has 0 saturated carbocycles. The van der Waals surface area contributed by atoms with Gasteiger partial charge < -0.3 is 29.9 Å². The van der Waals surface area contributed by atoms with Crippen molar-refractivity contribution in [2.75, 3.05) is 38.3 Å². The largest absolute Gasteiger partial charge is 0.491 e. The minimum absolute atomic E-state index is 0.0184. The van der Waals surface area contributed by atoms with Gasteiger partial charge in [-0.2, -0.15) is 0 Å². The molecule has 0 unspecified atom stereocenters. The maximum Gasteiger partial charge on any atom is 0.248 e. The van der Waals surface area contributed by atoms with Crippen molar-refractivity contribution in [1.29, 1.82) is 0 Å². The van der Waals surface area contributed by atoms with Gasteiger partial charge in [-0.1, -0.05) is 11.6 Å². The number of halogens is 2. The van der Waals surface area contributed by atoms with E-state index in [4.69, 9.17) is 26.2 Å². The molecule has 3 aromatic rings. The van der Waals surface area contributed by atoms with E-state index < -0.39 is 12.4 Å². The number of ether oxygens (including phenoxy) is 2. The van der Waals surface area contributed by atoms with Gasteiger partial charge in [-0.3, -0.25) is 4.79 Å². The molecular formula is C24H26ClFN4O5. The zero-order valence-electron chi connectivity index (χ0n) is 18.9. The average Bonchev–Trinajstić information content (AvgIpc) is 3.33. The zero-order valence-corrected chi connectivity index (χ0v) is 19.7. The summed E-state index contributed by atoms with van der Waals surface area (Å²) in [6.45, 7) is 0.544. The summed E-state index contributed by atoms with van der Waals surface area (Å²) in [6, 6.07) is 7.70. The summed E-state index contributed by atoms with van der Waals surface area (Å²) in [6.07, 6.45) is 3.05. The molecule has 11 heteroatoms. The average molecular weight is 505 g/mol. The number of aliphatic hydroxyl groups is 2. The van der Waals surface area contributed by atoms with Crippen LogP contribution >= 0.6 is 11.6 Å². The first-order valence-corrected chi connectivity index (χ1v) is 11.6. The van der Waals surface area contributed by atoms with Crippen LogP contribution in [0.5, 0.6) is 5.75 Å². The van der Waals surface area contributed by atoms with Crippen LogP contribution in [0.2, 0.25) is 5.02 Å². The van der Waals surface area contributed by atoms with Gasteiger partial charge in [-0.05, 0) is 42.7 Å². The van der Waals surface area contributed by atoms with Crippen LogP contribution in [0, 0.1) is 5.82 Å². The van der Waals surface area contributed by atoms with Gasteiger partial charge in [-0.15, -0.1) is 0 Å². The van der Waals surface area contributed by atoms with Crippen molar-refractivity contribution in [3.63, 3.8) is 0 Å². The third-order valence-corrected chi connectivity index (χ3v) is 6.03. The number of carbonyl (C=O) groups excluding carboxylic acids is 1. The van der Waals surface area contributed by atoms with Crippen LogP contribution in [-0.4, -0.2) is 70.0 Å². The van der Waals surface area contributed by atoms with E-state index >= 15 is 0 Å². The molecule has 35 heavy (non-hydrogen) atoms. The summed E-state index contributed by atoms with van der Waals surface area (Å²) in [5.41, 5.74) is 1.86. The highest BCUT2D eigenvalue weighted by Crippen LogP contribution is 2.32. The molecule has 1 amide bonds. The third-order valence-electron chi connectivity index (χ3n) is 5.74. The molecule has 1 fully saturated rings. The maximum atomic E-state index is 13.6. The Morgan fingerprint density at radius 1 is 1.26 bits per heavy atom. The Labute approximate surface area is 206 Å². The summed E-state index contributed by atoms with van der Waals surface area (Å²) in [5, 5.41) is 22.2. The van der Waals surface area contributed by atoms with Gasteiger partial charge in [0.25, 0.3) is 0 Å². The van der Waals surface area contributed by atoms with Crippen LogP contribution in [0.1, 0.15) is 18.4 Å². The molecule has 3 N–H and O–H groups in total. The lowest BCUT2D eigenvalue weighted by molar-refractivity contribution is -0.136. The van der Waals surface area contributed by atoms with Gasteiger partial charge in [0.05, 0.1) is 36.4 Å². The number of aromatic nitrogens is 2. The number of benzene rings is 2. The minimum Gasteiger partial charge on any atom is -0.491 e. The lowest BCUT2D eigenvalue weighted by Gasteiger charge is -2.24. The maximum absolute atomic E-state index is 13.6. The van der Waals surface area contributed by atoms with Gasteiger partial charge >= 0.3 is 0 Å². The fourth-order valence-corrected chi connectivity index (χ4v) is 4.33.